The largest absolute Gasteiger partial charge is 0.473 e. The van der Waals surface area contributed by atoms with Gasteiger partial charge in [-0.05, 0) is 19.4 Å². The molecular formula is C15H25N3O3. The first-order valence-electron chi connectivity index (χ1n) is 7.05. The third-order valence-corrected chi connectivity index (χ3v) is 3.50. The number of nitrogens with zero attached hydrogens (tertiary/aromatic N) is 2. The highest BCUT2D eigenvalue weighted by Gasteiger charge is 2.21. The Morgan fingerprint density at radius 2 is 2.38 bits per heavy atom. The van der Waals surface area contributed by atoms with E-state index in [1.54, 1.807) is 7.11 Å². The van der Waals surface area contributed by atoms with Crippen LogP contribution >= 0.6 is 0 Å². The molecule has 1 aliphatic heterocycles. The summed E-state index contributed by atoms with van der Waals surface area (Å²) in [6, 6.07) is 0. The fourth-order valence-corrected chi connectivity index (χ4v) is 2.05. The Morgan fingerprint density at radius 3 is 2.95 bits per heavy atom. The lowest BCUT2D eigenvalue weighted by atomic mass is 10.1. The third-order valence-electron chi connectivity index (χ3n) is 3.50. The zero-order valence-electron chi connectivity index (χ0n) is 13.3. The van der Waals surface area contributed by atoms with Gasteiger partial charge in [-0.2, -0.15) is 4.91 Å². The van der Waals surface area contributed by atoms with E-state index in [9.17, 15) is 4.91 Å². The van der Waals surface area contributed by atoms with E-state index >= 15 is 0 Å². The van der Waals surface area contributed by atoms with E-state index in [1.807, 2.05) is 31.1 Å². The van der Waals surface area contributed by atoms with Crippen LogP contribution < -0.4 is 5.73 Å². The Kier molecular flexibility index (Phi) is 6.94. The van der Waals surface area contributed by atoms with E-state index in [1.165, 1.54) is 0 Å². The summed E-state index contributed by atoms with van der Waals surface area (Å²) in [5.74, 6) is 0.622. The number of ether oxygens (including phenoxy) is 2. The molecule has 1 atom stereocenters. The standard InChI is InChI=1S/C15H25N3O3/c1-5-11(2)15(16)12(10-20-4)9-18(3)14-7-6-13(21-14)8-17-19/h6,9,14H,5,7-8,10,16H2,1-4H3/b12-9-,15-11?. The fourth-order valence-electron chi connectivity index (χ4n) is 2.05. The summed E-state index contributed by atoms with van der Waals surface area (Å²) in [5.41, 5.74) is 8.98. The summed E-state index contributed by atoms with van der Waals surface area (Å²) in [6.45, 7) is 4.60. The molecule has 6 heteroatoms. The van der Waals surface area contributed by atoms with Crippen LogP contribution in [0, 0.1) is 4.91 Å². The van der Waals surface area contributed by atoms with Crippen molar-refractivity contribution >= 4 is 0 Å². The molecule has 2 N–H and O–H groups in total. The molecule has 21 heavy (non-hydrogen) atoms. The van der Waals surface area contributed by atoms with Gasteiger partial charge in [0.1, 0.15) is 12.3 Å². The number of rotatable bonds is 8. The predicted octanol–water partition coefficient (Wildman–Crippen LogP) is 2.49. The van der Waals surface area contributed by atoms with E-state index in [0.717, 1.165) is 23.3 Å². The van der Waals surface area contributed by atoms with Crippen LogP contribution in [0.5, 0.6) is 0 Å². The van der Waals surface area contributed by atoms with Gasteiger partial charge in [-0.15, -0.1) is 0 Å². The lowest BCUT2D eigenvalue weighted by Crippen LogP contribution is -2.28. The van der Waals surface area contributed by atoms with E-state index in [0.29, 0.717) is 18.8 Å². The van der Waals surface area contributed by atoms with E-state index in [-0.39, 0.29) is 12.8 Å². The van der Waals surface area contributed by atoms with Gasteiger partial charge in [-0.1, -0.05) is 17.7 Å². The molecule has 0 spiro atoms. The van der Waals surface area contributed by atoms with Gasteiger partial charge in [-0.25, -0.2) is 0 Å². The van der Waals surface area contributed by atoms with Crippen LogP contribution in [0.15, 0.2) is 40.1 Å². The minimum absolute atomic E-state index is 0.0793. The number of hydrogen-bond acceptors (Lipinski definition) is 6. The minimum atomic E-state index is -0.136. The molecule has 0 aliphatic carbocycles. The van der Waals surface area contributed by atoms with Crippen LogP contribution in [0.3, 0.4) is 0 Å². The van der Waals surface area contributed by atoms with Gasteiger partial charge in [0, 0.05) is 38.0 Å². The van der Waals surface area contributed by atoms with Crippen LogP contribution in [0.1, 0.15) is 26.7 Å². The predicted molar refractivity (Wildman–Crippen MR) is 83.1 cm³/mol. The zero-order valence-corrected chi connectivity index (χ0v) is 13.3. The molecule has 0 saturated heterocycles. The molecule has 0 aromatic carbocycles. The number of methoxy groups -OCH3 is 1. The maximum Gasteiger partial charge on any atom is 0.174 e. The molecule has 0 aromatic heterocycles. The monoisotopic (exact) mass is 295 g/mol. The van der Waals surface area contributed by atoms with Crippen molar-refractivity contribution in [3.63, 3.8) is 0 Å². The molecule has 1 unspecified atom stereocenters. The molecule has 0 bridgehead atoms. The second kappa shape index (κ2) is 8.46. The van der Waals surface area contributed by atoms with Gasteiger partial charge in [-0.3, -0.25) is 0 Å². The van der Waals surface area contributed by atoms with Crippen LogP contribution in [0.2, 0.25) is 0 Å². The number of nitroso groups, excluding NO2 is 1. The molecule has 1 heterocycles. The summed E-state index contributed by atoms with van der Waals surface area (Å²) in [6.07, 6.45) is 5.31. The summed E-state index contributed by atoms with van der Waals surface area (Å²) in [4.78, 5) is 12.2. The van der Waals surface area contributed by atoms with Crippen molar-refractivity contribution in [1.29, 1.82) is 0 Å². The first-order chi connectivity index (χ1) is 10.0. The summed E-state index contributed by atoms with van der Waals surface area (Å²) in [7, 11) is 3.56. The van der Waals surface area contributed by atoms with Crippen LogP contribution in [-0.2, 0) is 9.47 Å². The van der Waals surface area contributed by atoms with E-state index in [4.69, 9.17) is 15.2 Å². The van der Waals surface area contributed by atoms with Crippen molar-refractivity contribution in [1.82, 2.24) is 4.90 Å². The number of allylic oxidation sites excluding steroid dienone is 1. The number of hydrogen-bond donors (Lipinski definition) is 1. The first-order valence-corrected chi connectivity index (χ1v) is 7.05. The van der Waals surface area contributed by atoms with Gasteiger partial charge < -0.3 is 20.1 Å². The van der Waals surface area contributed by atoms with Crippen molar-refractivity contribution in [3.8, 4) is 0 Å². The lowest BCUT2D eigenvalue weighted by molar-refractivity contribution is 0.0397. The van der Waals surface area contributed by atoms with Crippen LogP contribution in [0.25, 0.3) is 0 Å². The highest BCUT2D eigenvalue weighted by Crippen LogP contribution is 2.21. The molecule has 0 radical (unpaired) electrons. The molecule has 1 aliphatic rings. The molecule has 6 nitrogen and oxygen atoms in total. The average molecular weight is 295 g/mol. The summed E-state index contributed by atoms with van der Waals surface area (Å²) in [5, 5.41) is 2.84. The van der Waals surface area contributed by atoms with Crippen molar-refractivity contribution in [2.75, 3.05) is 27.3 Å². The first kappa shape index (κ1) is 17.2. The molecule has 0 fully saturated rings. The van der Waals surface area contributed by atoms with Gasteiger partial charge in [0.15, 0.2) is 6.23 Å². The highest BCUT2D eigenvalue weighted by atomic mass is 16.5. The number of nitrogens with two attached hydrogens (primary N) is 1. The van der Waals surface area contributed by atoms with Crippen LogP contribution in [-0.4, -0.2) is 38.4 Å². The highest BCUT2D eigenvalue weighted by molar-refractivity contribution is 5.32. The van der Waals surface area contributed by atoms with Gasteiger partial charge in [0.2, 0.25) is 0 Å². The van der Waals surface area contributed by atoms with Gasteiger partial charge >= 0.3 is 0 Å². The second-order valence-corrected chi connectivity index (χ2v) is 5.07. The molecule has 0 aromatic rings. The second-order valence-electron chi connectivity index (χ2n) is 5.07. The Hall–Kier alpha value is -1.82. The maximum atomic E-state index is 10.3. The van der Waals surface area contributed by atoms with E-state index < -0.39 is 0 Å². The Morgan fingerprint density at radius 1 is 1.67 bits per heavy atom. The molecule has 118 valence electrons. The Bertz CT molecular complexity index is 455. The van der Waals surface area contributed by atoms with Crippen molar-refractivity contribution in [3.05, 3.63) is 39.8 Å². The van der Waals surface area contributed by atoms with Gasteiger partial charge in [0.25, 0.3) is 0 Å². The fraction of sp³-hybridized carbons (Fsp3) is 0.600. The Balaban J connectivity index is 2.80. The zero-order chi connectivity index (χ0) is 15.8. The summed E-state index contributed by atoms with van der Waals surface area (Å²) < 4.78 is 10.9. The Labute approximate surface area is 126 Å². The van der Waals surface area contributed by atoms with Crippen molar-refractivity contribution < 1.29 is 9.47 Å². The quantitative estimate of drug-likeness (QED) is 0.550. The van der Waals surface area contributed by atoms with Gasteiger partial charge in [0.05, 0.1) is 6.61 Å². The lowest BCUT2D eigenvalue weighted by Gasteiger charge is -2.25. The maximum absolute atomic E-state index is 10.3. The smallest absolute Gasteiger partial charge is 0.174 e. The van der Waals surface area contributed by atoms with Crippen molar-refractivity contribution in [2.24, 2.45) is 10.9 Å². The van der Waals surface area contributed by atoms with Crippen LogP contribution in [0.4, 0.5) is 0 Å². The molecule has 0 saturated carbocycles. The van der Waals surface area contributed by atoms with E-state index in [2.05, 4.69) is 12.1 Å². The SMILES string of the molecule is CCC(C)=C(N)/C(=C\N(C)C1CC=C(CN=O)O1)COC. The topological polar surface area (TPSA) is 77.2 Å². The minimum Gasteiger partial charge on any atom is -0.473 e. The average Bonchev–Trinajstić information content (AvgIpc) is 2.94. The normalized spacial score (nSPS) is 19.7. The third kappa shape index (κ3) is 4.90. The molecule has 1 rings (SSSR count). The molecule has 0 amide bonds. The van der Waals surface area contributed by atoms with Crippen molar-refractivity contribution in [2.45, 2.75) is 32.9 Å². The summed E-state index contributed by atoms with van der Waals surface area (Å²) >= 11 is 0. The molecular weight excluding hydrogens is 270 g/mol.